The van der Waals surface area contributed by atoms with Gasteiger partial charge in [0.2, 0.25) is 0 Å². The molecule has 1 aromatic carbocycles. The summed E-state index contributed by atoms with van der Waals surface area (Å²) < 4.78 is 11.1. The summed E-state index contributed by atoms with van der Waals surface area (Å²) in [7, 11) is 0. The third-order valence-electron chi connectivity index (χ3n) is 4.23. The Kier molecular flexibility index (Phi) is 3.69. The third-order valence-corrected chi connectivity index (χ3v) is 4.53. The maximum atomic E-state index is 13.1. The second-order valence-electron chi connectivity index (χ2n) is 5.70. The van der Waals surface area contributed by atoms with E-state index in [1.165, 1.54) is 6.26 Å². The number of fused-ring (bicyclic) bond motifs is 2. The van der Waals surface area contributed by atoms with E-state index in [1.807, 2.05) is 0 Å². The number of benzene rings is 1. The summed E-state index contributed by atoms with van der Waals surface area (Å²) in [6.07, 6.45) is 2.79. The molecule has 0 radical (unpaired) electrons. The Morgan fingerprint density at radius 1 is 1.33 bits per heavy atom. The highest BCUT2D eigenvalue weighted by atomic mass is 35.5. The van der Waals surface area contributed by atoms with Gasteiger partial charge in [-0.3, -0.25) is 9.59 Å². The zero-order valence-electron chi connectivity index (χ0n) is 12.8. The highest BCUT2D eigenvalue weighted by Gasteiger charge is 2.32. The van der Waals surface area contributed by atoms with E-state index in [2.05, 4.69) is 5.32 Å². The van der Waals surface area contributed by atoms with Gasteiger partial charge in [-0.1, -0.05) is 17.7 Å². The van der Waals surface area contributed by atoms with Gasteiger partial charge in [-0.25, -0.2) is 0 Å². The van der Waals surface area contributed by atoms with Gasteiger partial charge in [0.05, 0.1) is 28.4 Å². The van der Waals surface area contributed by atoms with Crippen molar-refractivity contribution in [2.75, 3.05) is 24.6 Å². The lowest BCUT2D eigenvalue weighted by molar-refractivity contribution is 0.0932. The molecule has 7 heteroatoms. The molecule has 1 aromatic heterocycles. The van der Waals surface area contributed by atoms with Crippen LogP contribution in [0.25, 0.3) is 0 Å². The summed E-state index contributed by atoms with van der Waals surface area (Å²) >= 11 is 6.15. The van der Waals surface area contributed by atoms with E-state index < -0.39 is 0 Å². The fraction of sp³-hybridized carbons (Fsp3) is 0.294. The first-order valence-corrected chi connectivity index (χ1v) is 8.16. The van der Waals surface area contributed by atoms with Crippen molar-refractivity contribution in [1.82, 2.24) is 5.32 Å². The smallest absolute Gasteiger partial charge is 0.262 e. The largest absolute Gasteiger partial charge is 0.488 e. The Morgan fingerprint density at radius 3 is 3.08 bits per heavy atom. The minimum absolute atomic E-state index is 0.265. The van der Waals surface area contributed by atoms with Crippen molar-refractivity contribution in [3.63, 3.8) is 0 Å². The predicted molar refractivity (Wildman–Crippen MR) is 88.0 cm³/mol. The van der Waals surface area contributed by atoms with Crippen molar-refractivity contribution < 1.29 is 18.7 Å². The zero-order chi connectivity index (χ0) is 16.7. The van der Waals surface area contributed by atoms with Crippen molar-refractivity contribution in [2.24, 2.45) is 0 Å². The average Bonchev–Trinajstić information content (AvgIpc) is 2.93. The number of nitrogens with one attached hydrogen (secondary N) is 1. The van der Waals surface area contributed by atoms with Crippen LogP contribution < -0.4 is 15.0 Å². The molecule has 2 aliphatic heterocycles. The molecule has 0 fully saturated rings. The van der Waals surface area contributed by atoms with Crippen molar-refractivity contribution in [2.45, 2.75) is 12.8 Å². The Balaban J connectivity index is 1.76. The molecule has 0 aliphatic carbocycles. The molecule has 0 spiro atoms. The molecule has 3 heterocycles. The van der Waals surface area contributed by atoms with Crippen LogP contribution in [0, 0.1) is 0 Å². The highest BCUT2D eigenvalue weighted by Crippen LogP contribution is 2.38. The molecule has 0 unspecified atom stereocenters. The highest BCUT2D eigenvalue weighted by molar-refractivity contribution is 6.32. The molecule has 0 atom stereocenters. The van der Waals surface area contributed by atoms with E-state index in [-0.39, 0.29) is 17.4 Å². The molecular weight excluding hydrogens is 332 g/mol. The molecule has 0 saturated heterocycles. The molecule has 2 aromatic rings. The standard InChI is InChI=1S/C17H15ClN2O4/c18-11-3-1-4-12-15(11)23-8-7-20(12)17(22)10-9-24-13-5-2-6-19-16(21)14(10)13/h1,3-4,9H,2,5-8H2,(H,19,21). The van der Waals surface area contributed by atoms with Crippen LogP contribution in [0.15, 0.2) is 28.9 Å². The second kappa shape index (κ2) is 5.87. The summed E-state index contributed by atoms with van der Waals surface area (Å²) in [5.41, 5.74) is 1.22. The molecule has 124 valence electrons. The van der Waals surface area contributed by atoms with Crippen LogP contribution in [0.4, 0.5) is 5.69 Å². The maximum absolute atomic E-state index is 13.1. The zero-order valence-corrected chi connectivity index (χ0v) is 13.6. The predicted octanol–water partition coefficient (Wildman–Crippen LogP) is 2.65. The number of rotatable bonds is 1. The number of ether oxygens (including phenoxy) is 1. The number of carbonyl (C=O) groups excluding carboxylic acids is 2. The van der Waals surface area contributed by atoms with Gasteiger partial charge in [-0.2, -0.15) is 0 Å². The molecular formula is C17H15ClN2O4. The number of furan rings is 1. The fourth-order valence-electron chi connectivity index (χ4n) is 3.10. The Bertz CT molecular complexity index is 830. The van der Waals surface area contributed by atoms with E-state index in [1.54, 1.807) is 23.1 Å². The minimum Gasteiger partial charge on any atom is -0.488 e. The number of amides is 2. The van der Waals surface area contributed by atoms with Gasteiger partial charge in [0, 0.05) is 13.0 Å². The number of aryl methyl sites for hydroxylation is 1. The first-order chi connectivity index (χ1) is 11.7. The van der Waals surface area contributed by atoms with Gasteiger partial charge >= 0.3 is 0 Å². The second-order valence-corrected chi connectivity index (χ2v) is 6.11. The van der Waals surface area contributed by atoms with E-state index in [0.717, 1.165) is 6.42 Å². The van der Waals surface area contributed by atoms with Gasteiger partial charge in [0.15, 0.2) is 5.75 Å². The number of hydrogen-bond donors (Lipinski definition) is 1. The number of nitrogens with zero attached hydrogens (tertiary/aromatic N) is 1. The van der Waals surface area contributed by atoms with E-state index in [4.69, 9.17) is 20.8 Å². The lowest BCUT2D eigenvalue weighted by Crippen LogP contribution is -2.39. The molecule has 24 heavy (non-hydrogen) atoms. The van der Waals surface area contributed by atoms with Crippen molar-refractivity contribution >= 4 is 29.1 Å². The lowest BCUT2D eigenvalue weighted by atomic mass is 10.1. The van der Waals surface area contributed by atoms with Gasteiger partial charge in [-0.05, 0) is 18.6 Å². The average molecular weight is 347 g/mol. The summed E-state index contributed by atoms with van der Waals surface area (Å²) in [6, 6.07) is 5.25. The molecule has 1 N–H and O–H groups in total. The van der Waals surface area contributed by atoms with E-state index in [0.29, 0.717) is 53.9 Å². The number of hydrogen-bond acceptors (Lipinski definition) is 4. The first kappa shape index (κ1) is 15.1. The van der Waals surface area contributed by atoms with Crippen LogP contribution in [-0.2, 0) is 6.42 Å². The Hall–Kier alpha value is -2.47. The summed E-state index contributed by atoms with van der Waals surface area (Å²) in [4.78, 5) is 26.9. The van der Waals surface area contributed by atoms with Crippen LogP contribution in [-0.4, -0.2) is 31.5 Å². The normalized spacial score (nSPS) is 16.5. The van der Waals surface area contributed by atoms with Gasteiger partial charge in [-0.15, -0.1) is 0 Å². The summed E-state index contributed by atoms with van der Waals surface area (Å²) in [5.74, 6) is 0.494. The lowest BCUT2D eigenvalue weighted by Gasteiger charge is -2.29. The first-order valence-electron chi connectivity index (χ1n) is 7.78. The summed E-state index contributed by atoms with van der Waals surface area (Å²) in [6.45, 7) is 1.30. The SMILES string of the molecule is O=C1NCCCc2occ(C(=O)N3CCOc4c(Cl)cccc43)c21. The maximum Gasteiger partial charge on any atom is 0.262 e. The molecule has 0 saturated carbocycles. The molecule has 2 amide bonds. The van der Waals surface area contributed by atoms with Crippen molar-refractivity contribution in [3.05, 3.63) is 46.4 Å². The monoisotopic (exact) mass is 346 g/mol. The van der Waals surface area contributed by atoms with Crippen LogP contribution in [0.3, 0.4) is 0 Å². The van der Waals surface area contributed by atoms with E-state index >= 15 is 0 Å². The topological polar surface area (TPSA) is 71.8 Å². The Labute approximate surface area is 143 Å². The van der Waals surface area contributed by atoms with Gasteiger partial charge in [0.25, 0.3) is 11.8 Å². The number of para-hydroxylation sites is 1. The van der Waals surface area contributed by atoms with Crippen LogP contribution in [0.5, 0.6) is 5.75 Å². The van der Waals surface area contributed by atoms with Gasteiger partial charge in [0.1, 0.15) is 18.6 Å². The third kappa shape index (κ3) is 2.34. The number of anilines is 1. The fourth-order valence-corrected chi connectivity index (χ4v) is 3.32. The molecule has 4 rings (SSSR count). The van der Waals surface area contributed by atoms with E-state index in [9.17, 15) is 9.59 Å². The van der Waals surface area contributed by atoms with Gasteiger partial charge < -0.3 is 19.4 Å². The van der Waals surface area contributed by atoms with Crippen LogP contribution in [0.1, 0.15) is 32.9 Å². The quantitative estimate of drug-likeness (QED) is 0.861. The molecule has 6 nitrogen and oxygen atoms in total. The van der Waals surface area contributed by atoms with Crippen molar-refractivity contribution in [1.29, 1.82) is 0 Å². The molecule has 2 aliphatic rings. The van der Waals surface area contributed by atoms with Crippen molar-refractivity contribution in [3.8, 4) is 5.75 Å². The van der Waals surface area contributed by atoms with Crippen LogP contribution in [0.2, 0.25) is 5.02 Å². The number of halogens is 1. The minimum atomic E-state index is -0.288. The summed E-state index contributed by atoms with van der Waals surface area (Å²) in [5, 5.41) is 3.25. The molecule has 0 bridgehead atoms. The number of carbonyl (C=O) groups is 2. The van der Waals surface area contributed by atoms with Crippen LogP contribution >= 0.6 is 11.6 Å². The Morgan fingerprint density at radius 2 is 2.21 bits per heavy atom.